The van der Waals surface area contributed by atoms with Crippen LogP contribution in [0.1, 0.15) is 25.8 Å². The van der Waals surface area contributed by atoms with Crippen LogP contribution in [0.25, 0.3) is 0 Å². The fourth-order valence-electron chi connectivity index (χ4n) is 1.74. The molecule has 0 saturated carbocycles. The summed E-state index contributed by atoms with van der Waals surface area (Å²) < 4.78 is 26.2. The van der Waals surface area contributed by atoms with Crippen molar-refractivity contribution in [2.75, 3.05) is 6.54 Å². The van der Waals surface area contributed by atoms with E-state index in [0.29, 0.717) is 6.42 Å². The lowest BCUT2D eigenvalue weighted by Gasteiger charge is -2.26. The van der Waals surface area contributed by atoms with Gasteiger partial charge in [0, 0.05) is 11.1 Å². The van der Waals surface area contributed by atoms with Gasteiger partial charge in [-0.25, -0.2) is 8.42 Å². The van der Waals surface area contributed by atoms with Gasteiger partial charge in [-0.15, -0.1) is 0 Å². The Morgan fingerprint density at radius 3 is 2.62 bits per heavy atom. The van der Waals surface area contributed by atoms with Crippen LogP contribution in [0.15, 0.2) is 23.1 Å². The van der Waals surface area contributed by atoms with Gasteiger partial charge in [-0.1, -0.05) is 18.5 Å². The zero-order valence-corrected chi connectivity index (χ0v) is 13.1. The molecule has 1 atom stereocenters. The van der Waals surface area contributed by atoms with Crippen LogP contribution in [0.3, 0.4) is 0 Å². The fourth-order valence-corrected chi connectivity index (χ4v) is 3.80. The van der Waals surface area contributed by atoms with E-state index in [0.717, 1.165) is 10.4 Å². The molecule has 21 heavy (non-hydrogen) atoms. The number of rotatable bonds is 6. The lowest BCUT2D eigenvalue weighted by atomic mass is 10.2. The monoisotopic (exact) mass is 330 g/mol. The first-order valence-electron chi connectivity index (χ1n) is 6.17. The molecular weight excluding hydrogens is 316 g/mol. The second kappa shape index (κ2) is 6.89. The summed E-state index contributed by atoms with van der Waals surface area (Å²) in [6, 6.07) is 5.13. The van der Waals surface area contributed by atoms with E-state index in [4.69, 9.17) is 22.0 Å². The first kappa shape index (κ1) is 17.4. The standard InChI is InChI=1S/C13H15ClN2O4S/c1-3-9(2)16(8-13(17)18)21(19,20)12-6-11(14)5-4-10(12)7-15/h4-6,9H,3,8H2,1-2H3,(H,17,18). The molecule has 1 rings (SSSR count). The average Bonchev–Trinajstić information content (AvgIpc) is 2.43. The van der Waals surface area contributed by atoms with Crippen molar-refractivity contribution < 1.29 is 18.3 Å². The Labute approximate surface area is 128 Å². The zero-order valence-electron chi connectivity index (χ0n) is 11.6. The number of carbonyl (C=O) groups is 1. The van der Waals surface area contributed by atoms with Gasteiger partial charge < -0.3 is 5.11 Å². The summed E-state index contributed by atoms with van der Waals surface area (Å²) in [6.07, 6.45) is 0.439. The smallest absolute Gasteiger partial charge is 0.318 e. The molecule has 1 N–H and O–H groups in total. The predicted octanol–water partition coefficient (Wildman–Crippen LogP) is 2.09. The summed E-state index contributed by atoms with van der Waals surface area (Å²) in [7, 11) is -4.13. The van der Waals surface area contributed by atoms with Crippen molar-refractivity contribution in [2.45, 2.75) is 31.2 Å². The lowest BCUT2D eigenvalue weighted by Crippen LogP contribution is -2.42. The lowest BCUT2D eigenvalue weighted by molar-refractivity contribution is -0.137. The number of benzene rings is 1. The Kier molecular flexibility index (Phi) is 5.72. The number of hydrogen-bond acceptors (Lipinski definition) is 4. The largest absolute Gasteiger partial charge is 0.480 e. The summed E-state index contributed by atoms with van der Waals surface area (Å²) in [5.74, 6) is -1.26. The van der Waals surface area contributed by atoms with E-state index in [1.807, 2.05) is 0 Å². The third-order valence-corrected chi connectivity index (χ3v) is 5.26. The molecule has 0 aliphatic heterocycles. The van der Waals surface area contributed by atoms with Crippen LogP contribution in [0.2, 0.25) is 5.02 Å². The quantitative estimate of drug-likeness (QED) is 0.861. The molecule has 1 aromatic carbocycles. The summed E-state index contributed by atoms with van der Waals surface area (Å²) in [5, 5.41) is 18.1. The minimum Gasteiger partial charge on any atom is -0.480 e. The third-order valence-electron chi connectivity index (χ3n) is 3.02. The molecule has 1 aromatic rings. The average molecular weight is 331 g/mol. The SMILES string of the molecule is CCC(C)N(CC(=O)O)S(=O)(=O)c1cc(Cl)ccc1C#N. The summed E-state index contributed by atoms with van der Waals surface area (Å²) >= 11 is 5.80. The Morgan fingerprint density at radius 1 is 1.52 bits per heavy atom. The first-order valence-corrected chi connectivity index (χ1v) is 7.99. The third kappa shape index (κ3) is 3.94. The van der Waals surface area contributed by atoms with Gasteiger partial charge in [0.05, 0.1) is 5.56 Å². The van der Waals surface area contributed by atoms with Crippen LogP contribution in [-0.4, -0.2) is 36.4 Å². The van der Waals surface area contributed by atoms with E-state index in [2.05, 4.69) is 0 Å². The Bertz CT molecular complexity index is 682. The van der Waals surface area contributed by atoms with Crippen molar-refractivity contribution in [1.29, 1.82) is 5.26 Å². The molecule has 0 aliphatic rings. The van der Waals surface area contributed by atoms with Crippen LogP contribution in [0.4, 0.5) is 0 Å². The van der Waals surface area contributed by atoms with Crippen LogP contribution < -0.4 is 0 Å². The van der Waals surface area contributed by atoms with Crippen molar-refractivity contribution >= 4 is 27.6 Å². The van der Waals surface area contributed by atoms with Crippen molar-refractivity contribution in [3.8, 4) is 6.07 Å². The number of halogens is 1. The molecule has 0 aromatic heterocycles. The minimum atomic E-state index is -4.13. The Balaban J connectivity index is 3.46. The van der Waals surface area contributed by atoms with Gasteiger partial charge in [0.25, 0.3) is 0 Å². The van der Waals surface area contributed by atoms with Gasteiger partial charge in [-0.3, -0.25) is 4.79 Å². The molecule has 114 valence electrons. The summed E-state index contributed by atoms with van der Waals surface area (Å²) in [5.41, 5.74) is -0.0712. The Morgan fingerprint density at radius 2 is 2.14 bits per heavy atom. The van der Waals surface area contributed by atoms with Gasteiger partial charge in [0.2, 0.25) is 10.0 Å². The number of sulfonamides is 1. The second-order valence-electron chi connectivity index (χ2n) is 4.45. The van der Waals surface area contributed by atoms with Crippen molar-refractivity contribution in [3.05, 3.63) is 28.8 Å². The summed E-state index contributed by atoms with van der Waals surface area (Å²) in [6.45, 7) is 2.68. The number of nitrogens with zero attached hydrogens (tertiary/aromatic N) is 2. The zero-order chi connectivity index (χ0) is 16.2. The van der Waals surface area contributed by atoms with E-state index in [1.54, 1.807) is 19.9 Å². The van der Waals surface area contributed by atoms with E-state index < -0.39 is 28.6 Å². The summed E-state index contributed by atoms with van der Waals surface area (Å²) in [4.78, 5) is 10.7. The minimum absolute atomic E-state index is 0.0712. The molecule has 0 heterocycles. The van der Waals surface area contributed by atoms with Gasteiger partial charge >= 0.3 is 5.97 Å². The topological polar surface area (TPSA) is 98.5 Å². The normalized spacial score (nSPS) is 12.9. The highest BCUT2D eigenvalue weighted by Crippen LogP contribution is 2.25. The molecule has 0 fully saturated rings. The molecule has 0 radical (unpaired) electrons. The van der Waals surface area contributed by atoms with Crippen LogP contribution in [-0.2, 0) is 14.8 Å². The molecule has 6 nitrogen and oxygen atoms in total. The van der Waals surface area contributed by atoms with E-state index in [-0.39, 0.29) is 15.5 Å². The number of nitriles is 1. The van der Waals surface area contributed by atoms with Crippen LogP contribution in [0, 0.1) is 11.3 Å². The van der Waals surface area contributed by atoms with E-state index in [1.165, 1.54) is 12.1 Å². The molecular formula is C13H15ClN2O4S. The van der Waals surface area contributed by atoms with E-state index in [9.17, 15) is 13.2 Å². The van der Waals surface area contributed by atoms with Gasteiger partial charge in [0.15, 0.2) is 0 Å². The highest BCUT2D eigenvalue weighted by Gasteiger charge is 2.32. The molecule has 0 spiro atoms. The van der Waals surface area contributed by atoms with Crippen molar-refractivity contribution in [1.82, 2.24) is 4.31 Å². The second-order valence-corrected chi connectivity index (χ2v) is 6.75. The predicted molar refractivity (Wildman–Crippen MR) is 77.4 cm³/mol. The first-order chi connectivity index (χ1) is 9.73. The van der Waals surface area contributed by atoms with Crippen LogP contribution >= 0.6 is 11.6 Å². The maximum Gasteiger partial charge on any atom is 0.318 e. The maximum absolute atomic E-state index is 12.7. The van der Waals surface area contributed by atoms with Crippen molar-refractivity contribution in [2.24, 2.45) is 0 Å². The molecule has 8 heteroatoms. The fraction of sp³-hybridized carbons (Fsp3) is 0.385. The number of aliphatic carboxylic acids is 1. The molecule has 0 aliphatic carbocycles. The van der Waals surface area contributed by atoms with Gasteiger partial charge in [0.1, 0.15) is 17.5 Å². The number of carboxylic acids is 1. The Hall–Kier alpha value is -1.62. The van der Waals surface area contributed by atoms with Crippen molar-refractivity contribution in [3.63, 3.8) is 0 Å². The molecule has 0 bridgehead atoms. The van der Waals surface area contributed by atoms with Gasteiger partial charge in [-0.2, -0.15) is 9.57 Å². The molecule has 0 amide bonds. The highest BCUT2D eigenvalue weighted by atomic mass is 35.5. The maximum atomic E-state index is 12.7. The van der Waals surface area contributed by atoms with E-state index >= 15 is 0 Å². The number of carboxylic acid groups (broad SMARTS) is 1. The molecule has 0 saturated heterocycles. The van der Waals surface area contributed by atoms with Gasteiger partial charge in [-0.05, 0) is 31.5 Å². The highest BCUT2D eigenvalue weighted by molar-refractivity contribution is 7.89. The molecule has 1 unspecified atom stereocenters. The van der Waals surface area contributed by atoms with Crippen LogP contribution in [0.5, 0.6) is 0 Å². The number of hydrogen-bond donors (Lipinski definition) is 1.